The van der Waals surface area contributed by atoms with Gasteiger partial charge in [-0.25, -0.2) is 4.79 Å². The number of halogens is 1. The highest BCUT2D eigenvalue weighted by Gasteiger charge is 2.10. The van der Waals surface area contributed by atoms with Crippen molar-refractivity contribution in [2.24, 2.45) is 0 Å². The van der Waals surface area contributed by atoms with Crippen LogP contribution in [-0.2, 0) is 11.3 Å². The number of methoxy groups -OCH3 is 1. The van der Waals surface area contributed by atoms with Crippen LogP contribution in [0.1, 0.15) is 34.6 Å². The van der Waals surface area contributed by atoms with Crippen LogP contribution in [0.4, 0.5) is 0 Å². The Morgan fingerprint density at radius 2 is 2.19 bits per heavy atom. The van der Waals surface area contributed by atoms with Gasteiger partial charge in [0.15, 0.2) is 0 Å². The SMILES string of the molecule is COC(=O)c1ccc(CNC(C)c2ccccn2)c(Br)c1. The minimum Gasteiger partial charge on any atom is -0.465 e. The van der Waals surface area contributed by atoms with Crippen LogP contribution in [0, 0.1) is 0 Å². The molecule has 0 aliphatic rings. The normalized spacial score (nSPS) is 12.0. The van der Waals surface area contributed by atoms with Crippen molar-refractivity contribution in [3.63, 3.8) is 0 Å². The van der Waals surface area contributed by atoms with E-state index in [2.05, 4.69) is 33.2 Å². The summed E-state index contributed by atoms with van der Waals surface area (Å²) in [4.78, 5) is 15.8. The van der Waals surface area contributed by atoms with Gasteiger partial charge in [0, 0.05) is 23.3 Å². The van der Waals surface area contributed by atoms with Gasteiger partial charge in [0.05, 0.1) is 18.4 Å². The van der Waals surface area contributed by atoms with Gasteiger partial charge < -0.3 is 10.1 Å². The number of pyridine rings is 1. The van der Waals surface area contributed by atoms with E-state index >= 15 is 0 Å². The summed E-state index contributed by atoms with van der Waals surface area (Å²) in [7, 11) is 1.38. The second-order valence-electron chi connectivity index (χ2n) is 4.65. The number of nitrogens with zero attached hydrogens (tertiary/aromatic N) is 1. The standard InChI is InChI=1S/C16H17BrN2O2/c1-11(15-5-3-4-8-18-15)19-10-13-7-6-12(9-14(13)17)16(20)21-2/h3-9,11,19H,10H2,1-2H3. The third-order valence-electron chi connectivity index (χ3n) is 3.20. The maximum absolute atomic E-state index is 11.5. The number of benzene rings is 1. The van der Waals surface area contributed by atoms with Gasteiger partial charge in [0.1, 0.15) is 0 Å². The lowest BCUT2D eigenvalue weighted by atomic mass is 10.1. The first-order chi connectivity index (χ1) is 10.1. The van der Waals surface area contributed by atoms with Gasteiger partial charge in [0.25, 0.3) is 0 Å². The first-order valence-corrected chi connectivity index (χ1v) is 7.42. The molecule has 4 nitrogen and oxygen atoms in total. The lowest BCUT2D eigenvalue weighted by molar-refractivity contribution is 0.0600. The zero-order valence-corrected chi connectivity index (χ0v) is 13.6. The molecule has 1 aromatic carbocycles. The van der Waals surface area contributed by atoms with Crippen LogP contribution >= 0.6 is 15.9 Å². The molecule has 5 heteroatoms. The zero-order chi connectivity index (χ0) is 15.2. The molecule has 0 radical (unpaired) electrons. The van der Waals surface area contributed by atoms with Crippen molar-refractivity contribution >= 4 is 21.9 Å². The van der Waals surface area contributed by atoms with Gasteiger partial charge in [-0.1, -0.05) is 28.1 Å². The Labute approximate surface area is 132 Å². The molecule has 0 aliphatic carbocycles. The Balaban J connectivity index is 2.02. The fourth-order valence-electron chi connectivity index (χ4n) is 1.94. The van der Waals surface area contributed by atoms with E-state index in [1.807, 2.05) is 24.3 Å². The Kier molecular flexibility index (Phi) is 5.47. The summed E-state index contributed by atoms with van der Waals surface area (Å²) in [6, 6.07) is 11.5. The van der Waals surface area contributed by atoms with Crippen molar-refractivity contribution in [2.75, 3.05) is 7.11 Å². The zero-order valence-electron chi connectivity index (χ0n) is 12.0. The topological polar surface area (TPSA) is 51.2 Å². The highest BCUT2D eigenvalue weighted by atomic mass is 79.9. The number of hydrogen-bond donors (Lipinski definition) is 1. The average molecular weight is 349 g/mol. The third kappa shape index (κ3) is 4.12. The summed E-state index contributed by atoms with van der Waals surface area (Å²) in [5.74, 6) is -0.336. The Morgan fingerprint density at radius 1 is 1.38 bits per heavy atom. The van der Waals surface area contributed by atoms with E-state index in [0.29, 0.717) is 12.1 Å². The quantitative estimate of drug-likeness (QED) is 0.840. The second kappa shape index (κ2) is 7.33. The van der Waals surface area contributed by atoms with Crippen LogP contribution in [0.5, 0.6) is 0 Å². The molecule has 2 rings (SSSR count). The van der Waals surface area contributed by atoms with Gasteiger partial charge in [-0.3, -0.25) is 4.98 Å². The minimum absolute atomic E-state index is 0.151. The van der Waals surface area contributed by atoms with Gasteiger partial charge in [-0.05, 0) is 36.8 Å². The lowest BCUT2D eigenvalue weighted by Crippen LogP contribution is -2.19. The van der Waals surface area contributed by atoms with E-state index in [1.165, 1.54) is 7.11 Å². The molecule has 1 heterocycles. The minimum atomic E-state index is -0.336. The van der Waals surface area contributed by atoms with E-state index in [4.69, 9.17) is 4.74 Å². The van der Waals surface area contributed by atoms with E-state index < -0.39 is 0 Å². The fraction of sp³-hybridized carbons (Fsp3) is 0.250. The summed E-state index contributed by atoms with van der Waals surface area (Å²) in [5, 5.41) is 3.41. The molecule has 110 valence electrons. The van der Waals surface area contributed by atoms with Crippen molar-refractivity contribution in [3.8, 4) is 0 Å². The van der Waals surface area contributed by atoms with Crippen molar-refractivity contribution in [1.82, 2.24) is 10.3 Å². The average Bonchev–Trinajstić information content (AvgIpc) is 2.53. The van der Waals surface area contributed by atoms with Crippen molar-refractivity contribution < 1.29 is 9.53 Å². The molecule has 0 fully saturated rings. The summed E-state index contributed by atoms with van der Waals surface area (Å²) in [6.07, 6.45) is 1.79. The second-order valence-corrected chi connectivity index (χ2v) is 5.51. The number of rotatable bonds is 5. The van der Waals surface area contributed by atoms with Crippen molar-refractivity contribution in [3.05, 3.63) is 63.9 Å². The van der Waals surface area contributed by atoms with Gasteiger partial charge >= 0.3 is 5.97 Å². The summed E-state index contributed by atoms with van der Waals surface area (Å²) in [5.41, 5.74) is 2.61. The number of hydrogen-bond acceptors (Lipinski definition) is 4. The molecule has 1 N–H and O–H groups in total. The highest BCUT2D eigenvalue weighted by molar-refractivity contribution is 9.10. The molecule has 1 atom stereocenters. The van der Waals surface area contributed by atoms with Crippen LogP contribution in [0.15, 0.2) is 47.1 Å². The Hall–Kier alpha value is -1.72. The van der Waals surface area contributed by atoms with E-state index in [0.717, 1.165) is 15.7 Å². The molecular formula is C16H17BrN2O2. The van der Waals surface area contributed by atoms with Crippen molar-refractivity contribution in [2.45, 2.75) is 19.5 Å². The molecule has 1 aromatic heterocycles. The van der Waals surface area contributed by atoms with Gasteiger partial charge in [0.2, 0.25) is 0 Å². The summed E-state index contributed by atoms with van der Waals surface area (Å²) >= 11 is 3.49. The summed E-state index contributed by atoms with van der Waals surface area (Å²) < 4.78 is 5.58. The molecule has 0 saturated carbocycles. The maximum atomic E-state index is 11.5. The number of esters is 1. The van der Waals surface area contributed by atoms with Crippen LogP contribution in [0.2, 0.25) is 0 Å². The number of nitrogens with one attached hydrogen (secondary N) is 1. The van der Waals surface area contributed by atoms with Crippen LogP contribution in [0.25, 0.3) is 0 Å². The van der Waals surface area contributed by atoms with Crippen molar-refractivity contribution in [1.29, 1.82) is 0 Å². The largest absolute Gasteiger partial charge is 0.465 e. The lowest BCUT2D eigenvalue weighted by Gasteiger charge is -2.14. The van der Waals surface area contributed by atoms with Gasteiger partial charge in [-0.15, -0.1) is 0 Å². The van der Waals surface area contributed by atoms with Crippen LogP contribution < -0.4 is 5.32 Å². The Morgan fingerprint density at radius 3 is 2.81 bits per heavy atom. The number of carbonyl (C=O) groups excluding carboxylic acids is 1. The Bertz CT molecular complexity index is 617. The van der Waals surface area contributed by atoms with E-state index in [-0.39, 0.29) is 12.0 Å². The van der Waals surface area contributed by atoms with Crippen LogP contribution in [-0.4, -0.2) is 18.1 Å². The molecule has 2 aromatic rings. The van der Waals surface area contributed by atoms with E-state index in [1.54, 1.807) is 18.3 Å². The van der Waals surface area contributed by atoms with Crippen LogP contribution in [0.3, 0.4) is 0 Å². The molecule has 0 saturated heterocycles. The van der Waals surface area contributed by atoms with Gasteiger partial charge in [-0.2, -0.15) is 0 Å². The predicted octanol–water partition coefficient (Wildman–Crippen LogP) is 3.48. The molecule has 1 unspecified atom stereocenters. The monoisotopic (exact) mass is 348 g/mol. The maximum Gasteiger partial charge on any atom is 0.337 e. The molecule has 0 aliphatic heterocycles. The number of carbonyl (C=O) groups is 1. The molecule has 21 heavy (non-hydrogen) atoms. The predicted molar refractivity (Wildman–Crippen MR) is 85.0 cm³/mol. The molecule has 0 bridgehead atoms. The molecule has 0 amide bonds. The molecular weight excluding hydrogens is 332 g/mol. The highest BCUT2D eigenvalue weighted by Crippen LogP contribution is 2.20. The smallest absolute Gasteiger partial charge is 0.337 e. The first-order valence-electron chi connectivity index (χ1n) is 6.63. The number of ether oxygens (including phenoxy) is 1. The first kappa shape index (κ1) is 15.7. The fourth-order valence-corrected chi connectivity index (χ4v) is 2.45. The van der Waals surface area contributed by atoms with E-state index in [9.17, 15) is 4.79 Å². The number of aromatic nitrogens is 1. The summed E-state index contributed by atoms with van der Waals surface area (Å²) in [6.45, 7) is 2.75. The third-order valence-corrected chi connectivity index (χ3v) is 3.94. The molecule has 0 spiro atoms.